The van der Waals surface area contributed by atoms with Gasteiger partial charge in [-0.1, -0.05) is 37.3 Å². The van der Waals surface area contributed by atoms with Gasteiger partial charge in [0.05, 0.1) is 19.8 Å². The second-order valence-electron chi connectivity index (χ2n) is 4.05. The molecule has 0 bridgehead atoms. The molecule has 0 N–H and O–H groups in total. The van der Waals surface area contributed by atoms with Crippen LogP contribution >= 0.6 is 0 Å². The van der Waals surface area contributed by atoms with E-state index in [1.54, 1.807) is 14.2 Å². The number of rotatable bonds is 4. The van der Waals surface area contributed by atoms with E-state index < -0.39 is 0 Å². The first-order chi connectivity index (χ1) is 8.81. The summed E-state index contributed by atoms with van der Waals surface area (Å²) < 4.78 is 10.9. The summed E-state index contributed by atoms with van der Waals surface area (Å²) in [6, 6.07) is 14.2. The third kappa shape index (κ3) is 2.19. The Balaban J connectivity index is 2.68. The van der Waals surface area contributed by atoms with Gasteiger partial charge < -0.3 is 9.47 Å². The minimum absolute atomic E-state index is 0.843. The second-order valence-corrected chi connectivity index (χ2v) is 4.05. The van der Waals surface area contributed by atoms with Crippen molar-refractivity contribution in [2.75, 3.05) is 14.2 Å². The normalized spacial score (nSPS) is 10.2. The van der Waals surface area contributed by atoms with Crippen LogP contribution < -0.4 is 9.47 Å². The van der Waals surface area contributed by atoms with Crippen LogP contribution in [0.25, 0.3) is 11.1 Å². The number of hydrogen-bond acceptors (Lipinski definition) is 2. The minimum atomic E-state index is 0.843. The maximum atomic E-state index is 5.46. The van der Waals surface area contributed by atoms with E-state index in [9.17, 15) is 0 Å². The van der Waals surface area contributed by atoms with E-state index in [2.05, 4.69) is 25.1 Å². The molecule has 0 fully saturated rings. The Hall–Kier alpha value is -1.96. The Morgan fingerprint density at radius 3 is 2.00 bits per heavy atom. The Morgan fingerprint density at radius 2 is 1.44 bits per heavy atom. The van der Waals surface area contributed by atoms with E-state index in [4.69, 9.17) is 9.47 Å². The molecule has 0 amide bonds. The van der Waals surface area contributed by atoms with Crippen LogP contribution in [0.5, 0.6) is 11.5 Å². The fourth-order valence-electron chi connectivity index (χ4n) is 2.19. The zero-order valence-electron chi connectivity index (χ0n) is 11.1. The van der Waals surface area contributed by atoms with E-state index in [-0.39, 0.29) is 0 Å². The van der Waals surface area contributed by atoms with Crippen LogP contribution in [0, 0.1) is 0 Å². The van der Waals surface area contributed by atoms with Gasteiger partial charge in [0.2, 0.25) is 0 Å². The molecule has 0 saturated carbocycles. The summed E-state index contributed by atoms with van der Waals surface area (Å²) in [6.45, 7) is 2.15. The molecule has 94 valence electrons. The maximum Gasteiger partial charge on any atom is 0.130 e. The Bertz CT molecular complexity index is 510. The van der Waals surface area contributed by atoms with Crippen molar-refractivity contribution in [3.63, 3.8) is 0 Å². The maximum absolute atomic E-state index is 5.46. The molecule has 0 heterocycles. The van der Waals surface area contributed by atoms with Gasteiger partial charge in [0.1, 0.15) is 11.5 Å². The highest BCUT2D eigenvalue weighted by Crippen LogP contribution is 2.39. The zero-order chi connectivity index (χ0) is 13.0. The van der Waals surface area contributed by atoms with Crippen LogP contribution in [-0.2, 0) is 6.42 Å². The van der Waals surface area contributed by atoms with Crippen LogP contribution in [-0.4, -0.2) is 14.2 Å². The van der Waals surface area contributed by atoms with Gasteiger partial charge in [-0.25, -0.2) is 0 Å². The van der Waals surface area contributed by atoms with Gasteiger partial charge in [-0.2, -0.15) is 0 Å². The van der Waals surface area contributed by atoms with E-state index in [1.165, 1.54) is 11.1 Å². The number of benzene rings is 2. The molecule has 2 nitrogen and oxygen atoms in total. The first kappa shape index (κ1) is 12.5. The highest BCUT2D eigenvalue weighted by atomic mass is 16.5. The SMILES string of the molecule is CCc1ccccc1-c1c(OC)cccc1OC. The zero-order valence-corrected chi connectivity index (χ0v) is 11.1. The number of hydrogen-bond donors (Lipinski definition) is 0. The molecule has 0 aliphatic heterocycles. The molecule has 0 spiro atoms. The summed E-state index contributed by atoms with van der Waals surface area (Å²) in [5.41, 5.74) is 3.49. The molecule has 0 aliphatic carbocycles. The topological polar surface area (TPSA) is 18.5 Å². The van der Waals surface area contributed by atoms with Crippen molar-refractivity contribution in [1.29, 1.82) is 0 Å². The van der Waals surface area contributed by atoms with Gasteiger partial charge in [0.15, 0.2) is 0 Å². The quantitative estimate of drug-likeness (QED) is 0.808. The average Bonchev–Trinajstić information content (AvgIpc) is 2.46. The lowest BCUT2D eigenvalue weighted by atomic mass is 9.96. The lowest BCUT2D eigenvalue weighted by molar-refractivity contribution is 0.397. The molecule has 0 aromatic heterocycles. The first-order valence-corrected chi connectivity index (χ1v) is 6.11. The molecule has 18 heavy (non-hydrogen) atoms. The van der Waals surface area contributed by atoms with Crippen molar-refractivity contribution >= 4 is 0 Å². The van der Waals surface area contributed by atoms with Gasteiger partial charge in [-0.05, 0) is 29.7 Å². The summed E-state index contributed by atoms with van der Waals surface area (Å²) in [5.74, 6) is 1.69. The first-order valence-electron chi connectivity index (χ1n) is 6.11. The van der Waals surface area contributed by atoms with Gasteiger partial charge in [0.25, 0.3) is 0 Å². The van der Waals surface area contributed by atoms with E-state index in [1.807, 2.05) is 24.3 Å². The summed E-state index contributed by atoms with van der Waals surface area (Å²) in [4.78, 5) is 0. The number of aryl methyl sites for hydroxylation is 1. The Kier molecular flexibility index (Phi) is 3.88. The second kappa shape index (κ2) is 5.58. The van der Waals surface area contributed by atoms with Crippen molar-refractivity contribution in [3.05, 3.63) is 48.0 Å². The van der Waals surface area contributed by atoms with Crippen LogP contribution in [0.2, 0.25) is 0 Å². The Labute approximate surface area is 108 Å². The lowest BCUT2D eigenvalue weighted by Gasteiger charge is -2.15. The van der Waals surface area contributed by atoms with Gasteiger partial charge in [0, 0.05) is 0 Å². The summed E-state index contributed by atoms with van der Waals surface area (Å²) >= 11 is 0. The van der Waals surface area contributed by atoms with Gasteiger partial charge in [-0.3, -0.25) is 0 Å². The summed E-state index contributed by atoms with van der Waals surface area (Å²) in [7, 11) is 3.37. The Morgan fingerprint density at radius 1 is 0.833 bits per heavy atom. The summed E-state index contributed by atoms with van der Waals surface area (Å²) in [5, 5.41) is 0. The van der Waals surface area contributed by atoms with Crippen molar-refractivity contribution in [2.24, 2.45) is 0 Å². The number of ether oxygens (including phenoxy) is 2. The highest BCUT2D eigenvalue weighted by Gasteiger charge is 2.14. The van der Waals surface area contributed by atoms with E-state index >= 15 is 0 Å². The van der Waals surface area contributed by atoms with Crippen molar-refractivity contribution < 1.29 is 9.47 Å². The van der Waals surface area contributed by atoms with E-state index in [0.29, 0.717) is 0 Å². The number of methoxy groups -OCH3 is 2. The molecule has 0 atom stereocenters. The minimum Gasteiger partial charge on any atom is -0.496 e. The molecule has 2 rings (SSSR count). The van der Waals surface area contributed by atoms with Crippen LogP contribution in [0.3, 0.4) is 0 Å². The predicted molar refractivity (Wildman–Crippen MR) is 74.4 cm³/mol. The fourth-order valence-corrected chi connectivity index (χ4v) is 2.19. The fraction of sp³-hybridized carbons (Fsp3) is 0.250. The van der Waals surface area contributed by atoms with Crippen LogP contribution in [0.15, 0.2) is 42.5 Å². The summed E-state index contributed by atoms with van der Waals surface area (Å²) in [6.07, 6.45) is 0.984. The molecule has 2 aromatic rings. The molecular formula is C16H18O2. The van der Waals surface area contributed by atoms with Crippen molar-refractivity contribution in [3.8, 4) is 22.6 Å². The predicted octanol–water partition coefficient (Wildman–Crippen LogP) is 3.93. The monoisotopic (exact) mass is 242 g/mol. The van der Waals surface area contributed by atoms with E-state index in [0.717, 1.165) is 23.5 Å². The molecule has 2 heteroatoms. The standard InChI is InChI=1S/C16H18O2/c1-4-12-8-5-6-9-13(12)16-14(17-2)10-7-11-15(16)18-3/h5-11H,4H2,1-3H3. The van der Waals surface area contributed by atoms with Gasteiger partial charge in [-0.15, -0.1) is 0 Å². The molecule has 0 unspecified atom stereocenters. The molecular weight excluding hydrogens is 224 g/mol. The third-order valence-electron chi connectivity index (χ3n) is 3.10. The largest absolute Gasteiger partial charge is 0.496 e. The highest BCUT2D eigenvalue weighted by molar-refractivity contribution is 5.79. The van der Waals surface area contributed by atoms with Crippen molar-refractivity contribution in [2.45, 2.75) is 13.3 Å². The average molecular weight is 242 g/mol. The van der Waals surface area contributed by atoms with Crippen LogP contribution in [0.4, 0.5) is 0 Å². The molecule has 0 saturated heterocycles. The molecule has 2 aromatic carbocycles. The third-order valence-corrected chi connectivity index (χ3v) is 3.10. The smallest absolute Gasteiger partial charge is 0.130 e. The van der Waals surface area contributed by atoms with Crippen LogP contribution in [0.1, 0.15) is 12.5 Å². The van der Waals surface area contributed by atoms with Gasteiger partial charge >= 0.3 is 0 Å². The van der Waals surface area contributed by atoms with Crippen molar-refractivity contribution in [1.82, 2.24) is 0 Å². The molecule has 0 aliphatic rings. The lowest BCUT2D eigenvalue weighted by Crippen LogP contribution is -1.95. The molecule has 0 radical (unpaired) electrons.